The van der Waals surface area contributed by atoms with Gasteiger partial charge in [-0.15, -0.1) is 0 Å². The van der Waals surface area contributed by atoms with Crippen molar-refractivity contribution in [2.45, 2.75) is 49.5 Å². The Morgan fingerprint density at radius 3 is 2.51 bits per heavy atom. The van der Waals surface area contributed by atoms with Crippen molar-refractivity contribution in [1.82, 2.24) is 15.2 Å². The number of hydrogen-bond donors (Lipinski definition) is 1. The zero-order valence-corrected chi connectivity index (χ0v) is 20.8. The molecule has 5 heteroatoms. The van der Waals surface area contributed by atoms with Crippen molar-refractivity contribution in [2.24, 2.45) is 5.92 Å². The number of pyridine rings is 1. The second-order valence-corrected chi connectivity index (χ2v) is 10.8. The number of rotatable bonds is 3. The monoisotopic (exact) mass is 485 g/mol. The fraction of sp³-hybridized carbons (Fsp3) is 0.400. The van der Waals surface area contributed by atoms with E-state index in [1.165, 1.54) is 16.7 Å². The van der Waals surface area contributed by atoms with Gasteiger partial charge in [-0.1, -0.05) is 78.3 Å². The molecule has 2 fully saturated rings. The Hall–Kier alpha value is -2.69. The Labute approximate surface area is 212 Å². The highest BCUT2D eigenvalue weighted by Gasteiger charge is 2.52. The topological polar surface area (TPSA) is 45.2 Å². The molecule has 1 aliphatic carbocycles. The Morgan fingerprint density at radius 2 is 1.74 bits per heavy atom. The maximum absolute atomic E-state index is 14.4. The van der Waals surface area contributed by atoms with E-state index in [-0.39, 0.29) is 23.3 Å². The summed E-state index contributed by atoms with van der Waals surface area (Å²) in [6.45, 7) is 2.34. The summed E-state index contributed by atoms with van der Waals surface area (Å²) in [6, 6.07) is 25.5. The largest absolute Gasteiger partial charge is 0.335 e. The summed E-state index contributed by atoms with van der Waals surface area (Å²) in [5.74, 6) is 0.671. The number of nitrogens with zero attached hydrogens (tertiary/aromatic N) is 2. The standard InChI is InChI=1S/C30H32ClN3O/c31-28-14-13-24-26(33-28)12-7-16-30(24)20-32-19-25(30)29(35)34-17-15-23(21-8-3-1-4-9-21)18-27(34)22-10-5-2-6-11-22/h1-6,8-11,13-14,23,25,27,32H,7,12,15-20H2/t23-,25+,27+,30+/m1/s1. The van der Waals surface area contributed by atoms with Gasteiger partial charge in [0.25, 0.3) is 0 Å². The molecule has 4 nitrogen and oxygen atoms in total. The number of nitrogens with one attached hydrogen (secondary N) is 1. The SMILES string of the molecule is O=C([C@@H]1CNC[C@]12CCCc1nc(Cl)ccc12)N1CC[C@@H](c2ccccc2)C[C@H]1c1ccccc1. The number of aromatic nitrogens is 1. The van der Waals surface area contributed by atoms with E-state index in [0.29, 0.717) is 11.1 Å². The molecule has 6 rings (SSSR count). The summed E-state index contributed by atoms with van der Waals surface area (Å²) < 4.78 is 0. The molecule has 2 aromatic carbocycles. The second kappa shape index (κ2) is 9.40. The maximum Gasteiger partial charge on any atom is 0.228 e. The first kappa shape index (κ1) is 22.8. The molecule has 180 valence electrons. The van der Waals surface area contributed by atoms with Crippen LogP contribution in [0.2, 0.25) is 5.15 Å². The predicted octanol–water partition coefficient (Wildman–Crippen LogP) is 5.68. The van der Waals surface area contributed by atoms with Gasteiger partial charge in [0, 0.05) is 30.7 Å². The van der Waals surface area contributed by atoms with Gasteiger partial charge >= 0.3 is 0 Å². The molecule has 3 aromatic rings. The van der Waals surface area contributed by atoms with Crippen molar-refractivity contribution >= 4 is 17.5 Å². The van der Waals surface area contributed by atoms with E-state index in [1.54, 1.807) is 0 Å². The minimum Gasteiger partial charge on any atom is -0.335 e. The van der Waals surface area contributed by atoms with Crippen LogP contribution in [-0.4, -0.2) is 35.4 Å². The molecule has 4 atom stereocenters. The number of amides is 1. The van der Waals surface area contributed by atoms with Crippen LogP contribution in [0.1, 0.15) is 60.0 Å². The normalized spacial score (nSPS) is 28.1. The number of likely N-dealkylation sites (tertiary alicyclic amines) is 1. The maximum atomic E-state index is 14.4. The van der Waals surface area contributed by atoms with Gasteiger partial charge in [-0.05, 0) is 60.8 Å². The Morgan fingerprint density at radius 1 is 1.00 bits per heavy atom. The molecule has 2 aliphatic heterocycles. The minimum atomic E-state index is -0.195. The van der Waals surface area contributed by atoms with E-state index >= 15 is 0 Å². The highest BCUT2D eigenvalue weighted by Crippen LogP contribution is 2.47. The van der Waals surface area contributed by atoms with Crippen molar-refractivity contribution in [3.63, 3.8) is 0 Å². The number of carbonyl (C=O) groups is 1. The van der Waals surface area contributed by atoms with E-state index in [4.69, 9.17) is 11.6 Å². The molecule has 0 saturated carbocycles. The molecule has 3 aliphatic rings. The summed E-state index contributed by atoms with van der Waals surface area (Å²) in [6.07, 6.45) is 4.96. The fourth-order valence-corrected chi connectivity index (χ4v) is 7.07. The summed E-state index contributed by atoms with van der Waals surface area (Å²) in [7, 11) is 0. The lowest BCUT2D eigenvalue weighted by Gasteiger charge is -2.45. The predicted molar refractivity (Wildman–Crippen MR) is 140 cm³/mol. The summed E-state index contributed by atoms with van der Waals surface area (Å²) in [4.78, 5) is 21.3. The number of carbonyl (C=O) groups excluding carboxylic acids is 1. The number of halogens is 1. The first-order valence-corrected chi connectivity index (χ1v) is 13.3. The second-order valence-electron chi connectivity index (χ2n) is 10.4. The lowest BCUT2D eigenvalue weighted by Crippen LogP contribution is -2.50. The van der Waals surface area contributed by atoms with Crippen molar-refractivity contribution in [2.75, 3.05) is 19.6 Å². The van der Waals surface area contributed by atoms with Crippen LogP contribution in [0.3, 0.4) is 0 Å². The molecule has 0 bridgehead atoms. The summed E-state index contributed by atoms with van der Waals surface area (Å²) in [5.41, 5.74) is 4.72. The van der Waals surface area contributed by atoms with Crippen LogP contribution in [0.25, 0.3) is 0 Å². The first-order valence-electron chi connectivity index (χ1n) is 12.9. The first-order chi connectivity index (χ1) is 17.2. The third kappa shape index (κ3) is 4.07. The van der Waals surface area contributed by atoms with Gasteiger partial charge in [0.1, 0.15) is 5.15 Å². The number of hydrogen-bond acceptors (Lipinski definition) is 3. The molecule has 1 aromatic heterocycles. The highest BCUT2D eigenvalue weighted by atomic mass is 35.5. The molecule has 0 radical (unpaired) electrons. The van der Waals surface area contributed by atoms with Crippen molar-refractivity contribution in [1.29, 1.82) is 0 Å². The highest BCUT2D eigenvalue weighted by molar-refractivity contribution is 6.29. The average Bonchev–Trinajstić information content (AvgIpc) is 3.32. The Kier molecular flexibility index (Phi) is 6.11. The van der Waals surface area contributed by atoms with E-state index in [9.17, 15) is 4.79 Å². The van der Waals surface area contributed by atoms with Gasteiger partial charge in [-0.2, -0.15) is 0 Å². The lowest BCUT2D eigenvalue weighted by molar-refractivity contribution is -0.141. The van der Waals surface area contributed by atoms with Gasteiger partial charge in [-0.25, -0.2) is 4.98 Å². The quantitative estimate of drug-likeness (QED) is 0.486. The molecular weight excluding hydrogens is 454 g/mol. The van der Waals surface area contributed by atoms with E-state index in [0.717, 1.165) is 57.4 Å². The van der Waals surface area contributed by atoms with Crippen molar-refractivity contribution in [3.05, 3.63) is 100 Å². The van der Waals surface area contributed by atoms with Crippen LogP contribution >= 0.6 is 11.6 Å². The van der Waals surface area contributed by atoms with Gasteiger partial charge in [0.2, 0.25) is 5.91 Å². The van der Waals surface area contributed by atoms with Crippen LogP contribution in [-0.2, 0) is 16.6 Å². The molecule has 2 saturated heterocycles. The van der Waals surface area contributed by atoms with Crippen LogP contribution in [0.4, 0.5) is 0 Å². The van der Waals surface area contributed by atoms with Gasteiger partial charge in [0.15, 0.2) is 0 Å². The molecule has 0 unspecified atom stereocenters. The summed E-state index contributed by atoms with van der Waals surface area (Å²) in [5, 5.41) is 4.13. The van der Waals surface area contributed by atoms with E-state index in [1.807, 2.05) is 6.07 Å². The van der Waals surface area contributed by atoms with Crippen LogP contribution in [0.15, 0.2) is 72.8 Å². The van der Waals surface area contributed by atoms with E-state index < -0.39 is 0 Å². The minimum absolute atomic E-state index is 0.0796. The molecule has 1 amide bonds. The average molecular weight is 486 g/mol. The summed E-state index contributed by atoms with van der Waals surface area (Å²) >= 11 is 6.24. The lowest BCUT2D eigenvalue weighted by atomic mass is 9.65. The molecular formula is C30H32ClN3O. The van der Waals surface area contributed by atoms with Crippen LogP contribution in [0.5, 0.6) is 0 Å². The molecule has 1 spiro atoms. The van der Waals surface area contributed by atoms with E-state index in [2.05, 4.69) is 81.9 Å². The van der Waals surface area contributed by atoms with Crippen molar-refractivity contribution in [3.8, 4) is 0 Å². The van der Waals surface area contributed by atoms with Crippen molar-refractivity contribution < 1.29 is 4.79 Å². The number of fused-ring (bicyclic) bond motifs is 2. The smallest absolute Gasteiger partial charge is 0.228 e. The Bertz CT molecular complexity index is 1200. The third-order valence-corrected chi connectivity index (χ3v) is 8.82. The van der Waals surface area contributed by atoms with Crippen LogP contribution < -0.4 is 5.32 Å². The molecule has 35 heavy (non-hydrogen) atoms. The van der Waals surface area contributed by atoms with Crippen LogP contribution in [0, 0.1) is 5.92 Å². The van der Waals surface area contributed by atoms with Gasteiger partial charge < -0.3 is 10.2 Å². The molecule has 3 heterocycles. The zero-order valence-electron chi connectivity index (χ0n) is 20.0. The van der Waals surface area contributed by atoms with Gasteiger partial charge in [-0.3, -0.25) is 4.79 Å². The number of aryl methyl sites for hydroxylation is 1. The molecule has 1 N–H and O–H groups in total. The number of benzene rings is 2. The third-order valence-electron chi connectivity index (χ3n) is 8.61. The van der Waals surface area contributed by atoms with Gasteiger partial charge in [0.05, 0.1) is 12.0 Å². The Balaban J connectivity index is 1.34. The zero-order chi connectivity index (χ0) is 23.8. The fourth-order valence-electron chi connectivity index (χ4n) is 6.90. The number of piperidine rings is 1.